The maximum absolute atomic E-state index is 13.4. The van der Waals surface area contributed by atoms with Crippen LogP contribution >= 0.6 is 11.6 Å². The molecule has 0 spiro atoms. The third kappa shape index (κ3) is 9.13. The molecule has 7 nitrogen and oxygen atoms in total. The van der Waals surface area contributed by atoms with Crippen molar-refractivity contribution in [2.24, 2.45) is 0 Å². The third-order valence-corrected chi connectivity index (χ3v) is 7.58. The van der Waals surface area contributed by atoms with Gasteiger partial charge >= 0.3 is 0 Å². The Bertz CT molecular complexity index is 1080. The molecule has 2 atom stereocenters. The molecule has 0 saturated carbocycles. The zero-order valence-electron chi connectivity index (χ0n) is 21.6. The number of anilines is 1. The van der Waals surface area contributed by atoms with E-state index in [1.807, 2.05) is 51.1 Å². The van der Waals surface area contributed by atoms with Crippen molar-refractivity contribution >= 4 is 39.1 Å². The minimum absolute atomic E-state index is 0.0142. The number of hydrogen-bond acceptors (Lipinski definition) is 4. The molecule has 2 aromatic rings. The van der Waals surface area contributed by atoms with Crippen LogP contribution in [0.2, 0.25) is 5.02 Å². The smallest absolute Gasteiger partial charge is 0.243 e. The minimum Gasteiger partial charge on any atom is -0.352 e. The van der Waals surface area contributed by atoms with Crippen LogP contribution in [-0.4, -0.2) is 56.6 Å². The topological polar surface area (TPSA) is 86.8 Å². The van der Waals surface area contributed by atoms with Crippen molar-refractivity contribution in [3.05, 3.63) is 65.2 Å². The molecule has 0 aliphatic rings. The first kappa shape index (κ1) is 29.6. The van der Waals surface area contributed by atoms with Crippen LogP contribution in [-0.2, 0) is 26.0 Å². The van der Waals surface area contributed by atoms with Crippen molar-refractivity contribution < 1.29 is 18.0 Å². The lowest BCUT2D eigenvalue weighted by Crippen LogP contribution is -2.51. The van der Waals surface area contributed by atoms with Crippen molar-refractivity contribution in [1.29, 1.82) is 0 Å². The van der Waals surface area contributed by atoms with E-state index in [9.17, 15) is 18.0 Å². The standard InChI is InChI=1S/C27H38ClN3O4S/c1-5-21(3)29-27(33)25(6-2)30(20-18-22-11-8-7-9-12-22)26(32)13-10-19-31(36(4,34)35)24-16-14-23(28)15-17-24/h7-9,11-12,14-17,21,25H,5-6,10,13,18-20H2,1-4H3,(H,29,33). The first-order valence-electron chi connectivity index (χ1n) is 12.4. The van der Waals surface area contributed by atoms with Crippen molar-refractivity contribution in [1.82, 2.24) is 10.2 Å². The fourth-order valence-corrected chi connectivity index (χ4v) is 5.04. The summed E-state index contributed by atoms with van der Waals surface area (Å²) in [6.07, 6.45) is 3.50. The summed E-state index contributed by atoms with van der Waals surface area (Å²) in [6, 6.07) is 15.8. The molecule has 1 N–H and O–H groups in total. The number of benzene rings is 2. The van der Waals surface area contributed by atoms with E-state index in [4.69, 9.17) is 11.6 Å². The Labute approximate surface area is 220 Å². The highest BCUT2D eigenvalue weighted by Crippen LogP contribution is 2.21. The minimum atomic E-state index is -3.54. The van der Waals surface area contributed by atoms with Crippen LogP contribution in [0.25, 0.3) is 0 Å². The molecule has 0 heterocycles. The maximum Gasteiger partial charge on any atom is 0.243 e. The number of halogens is 1. The van der Waals surface area contributed by atoms with E-state index in [-0.39, 0.29) is 30.8 Å². The summed E-state index contributed by atoms with van der Waals surface area (Å²) in [5.74, 6) is -0.325. The van der Waals surface area contributed by atoms with Gasteiger partial charge in [0.05, 0.1) is 11.9 Å². The number of nitrogens with zero attached hydrogens (tertiary/aromatic N) is 2. The normalized spacial score (nSPS) is 13.0. The molecule has 198 valence electrons. The zero-order valence-corrected chi connectivity index (χ0v) is 23.2. The van der Waals surface area contributed by atoms with Gasteiger partial charge in [0.1, 0.15) is 6.04 Å². The number of rotatable bonds is 14. The van der Waals surface area contributed by atoms with E-state index in [1.54, 1.807) is 29.2 Å². The second-order valence-electron chi connectivity index (χ2n) is 8.98. The molecule has 2 unspecified atom stereocenters. The van der Waals surface area contributed by atoms with Crippen molar-refractivity contribution in [2.75, 3.05) is 23.7 Å². The Morgan fingerprint density at radius 3 is 2.17 bits per heavy atom. The highest BCUT2D eigenvalue weighted by molar-refractivity contribution is 7.92. The molecule has 0 radical (unpaired) electrons. The number of carbonyl (C=O) groups is 2. The molecule has 0 aliphatic heterocycles. The monoisotopic (exact) mass is 535 g/mol. The Morgan fingerprint density at radius 1 is 0.972 bits per heavy atom. The van der Waals surface area contributed by atoms with Gasteiger partial charge in [0.2, 0.25) is 21.8 Å². The largest absolute Gasteiger partial charge is 0.352 e. The zero-order chi connectivity index (χ0) is 26.7. The number of nitrogens with one attached hydrogen (secondary N) is 1. The third-order valence-electron chi connectivity index (χ3n) is 6.14. The highest BCUT2D eigenvalue weighted by Gasteiger charge is 2.29. The quantitative estimate of drug-likeness (QED) is 0.381. The van der Waals surface area contributed by atoms with Crippen LogP contribution in [0.3, 0.4) is 0 Å². The van der Waals surface area contributed by atoms with Crippen LogP contribution in [0.4, 0.5) is 5.69 Å². The van der Waals surface area contributed by atoms with Crippen LogP contribution in [0, 0.1) is 0 Å². The fourth-order valence-electron chi connectivity index (χ4n) is 3.95. The Hall–Kier alpha value is -2.58. The predicted octanol–water partition coefficient (Wildman–Crippen LogP) is 4.65. The maximum atomic E-state index is 13.4. The molecule has 0 aliphatic carbocycles. The van der Waals surface area contributed by atoms with E-state index in [1.165, 1.54) is 4.31 Å². The molecule has 0 fully saturated rings. The first-order valence-corrected chi connectivity index (χ1v) is 14.7. The Balaban J connectivity index is 2.15. The highest BCUT2D eigenvalue weighted by atomic mass is 35.5. The Kier molecular flexibility index (Phi) is 11.7. The van der Waals surface area contributed by atoms with Gasteiger partial charge < -0.3 is 10.2 Å². The molecular formula is C27H38ClN3O4S. The van der Waals surface area contributed by atoms with E-state index in [0.29, 0.717) is 36.5 Å². The van der Waals surface area contributed by atoms with Crippen molar-refractivity contribution in [2.45, 2.75) is 65.0 Å². The SMILES string of the molecule is CCC(C)NC(=O)C(CC)N(CCc1ccccc1)C(=O)CCCN(c1ccc(Cl)cc1)S(C)(=O)=O. The molecule has 2 amide bonds. The van der Waals surface area contributed by atoms with Gasteiger partial charge in [-0.05, 0) is 62.4 Å². The molecular weight excluding hydrogens is 498 g/mol. The molecule has 0 aromatic heterocycles. The van der Waals surface area contributed by atoms with Crippen molar-refractivity contribution in [3.8, 4) is 0 Å². The number of amides is 2. The first-order chi connectivity index (χ1) is 17.1. The van der Waals surface area contributed by atoms with Crippen LogP contribution in [0.5, 0.6) is 0 Å². The number of carbonyl (C=O) groups excluding carboxylic acids is 2. The average Bonchev–Trinajstić information content (AvgIpc) is 2.84. The van der Waals surface area contributed by atoms with Crippen LogP contribution in [0.15, 0.2) is 54.6 Å². The van der Waals surface area contributed by atoms with Gasteiger partial charge in [-0.25, -0.2) is 8.42 Å². The summed E-state index contributed by atoms with van der Waals surface area (Å²) in [4.78, 5) is 28.1. The lowest BCUT2D eigenvalue weighted by molar-refractivity contribution is -0.141. The van der Waals surface area contributed by atoms with Gasteiger partial charge in [0, 0.05) is 30.6 Å². The van der Waals surface area contributed by atoms with Gasteiger partial charge in [-0.1, -0.05) is 55.8 Å². The molecule has 0 saturated heterocycles. The summed E-state index contributed by atoms with van der Waals surface area (Å²) >= 11 is 5.94. The molecule has 2 rings (SSSR count). The fraction of sp³-hybridized carbons (Fsp3) is 0.481. The van der Waals surface area contributed by atoms with Gasteiger partial charge in [-0.3, -0.25) is 13.9 Å². The summed E-state index contributed by atoms with van der Waals surface area (Å²) < 4.78 is 26.1. The number of sulfonamides is 1. The average molecular weight is 536 g/mol. The van der Waals surface area contributed by atoms with E-state index in [2.05, 4.69) is 5.32 Å². The lowest BCUT2D eigenvalue weighted by Gasteiger charge is -2.32. The summed E-state index contributed by atoms with van der Waals surface area (Å²) in [6.45, 7) is 6.39. The van der Waals surface area contributed by atoms with Gasteiger partial charge in [0.25, 0.3) is 0 Å². The summed E-state index contributed by atoms with van der Waals surface area (Å²) in [5, 5.41) is 3.51. The molecule has 36 heavy (non-hydrogen) atoms. The molecule has 9 heteroatoms. The van der Waals surface area contributed by atoms with Gasteiger partial charge in [-0.2, -0.15) is 0 Å². The molecule has 0 bridgehead atoms. The van der Waals surface area contributed by atoms with E-state index >= 15 is 0 Å². The van der Waals surface area contributed by atoms with Gasteiger partial charge in [0.15, 0.2) is 0 Å². The van der Waals surface area contributed by atoms with E-state index in [0.717, 1.165) is 18.2 Å². The van der Waals surface area contributed by atoms with Gasteiger partial charge in [-0.15, -0.1) is 0 Å². The summed E-state index contributed by atoms with van der Waals surface area (Å²) in [5.41, 5.74) is 1.58. The molecule has 2 aromatic carbocycles. The summed E-state index contributed by atoms with van der Waals surface area (Å²) in [7, 11) is -3.54. The van der Waals surface area contributed by atoms with Crippen LogP contribution in [0.1, 0.15) is 52.0 Å². The van der Waals surface area contributed by atoms with Crippen LogP contribution < -0.4 is 9.62 Å². The van der Waals surface area contributed by atoms with E-state index < -0.39 is 16.1 Å². The second-order valence-corrected chi connectivity index (χ2v) is 11.3. The lowest BCUT2D eigenvalue weighted by atomic mass is 10.1. The second kappa shape index (κ2) is 14.2. The predicted molar refractivity (Wildman–Crippen MR) is 147 cm³/mol. The van der Waals surface area contributed by atoms with Crippen molar-refractivity contribution in [3.63, 3.8) is 0 Å². The number of hydrogen-bond donors (Lipinski definition) is 1. The Morgan fingerprint density at radius 2 is 1.61 bits per heavy atom.